The molecule has 0 bridgehead atoms. The summed E-state index contributed by atoms with van der Waals surface area (Å²) in [5, 5.41) is 3.42. The van der Waals surface area contributed by atoms with Crippen LogP contribution in [0.3, 0.4) is 0 Å². The molecule has 1 aliphatic rings. The van der Waals surface area contributed by atoms with E-state index in [1.165, 1.54) is 0 Å². The monoisotopic (exact) mass is 307 g/mol. The van der Waals surface area contributed by atoms with Crippen molar-refractivity contribution in [3.63, 3.8) is 0 Å². The zero-order chi connectivity index (χ0) is 15.2. The SMILES string of the molecule is COC(C)CNS(=O)(=O)N1CCC(CNC(C)C)CC1. The minimum Gasteiger partial charge on any atom is -0.380 e. The quantitative estimate of drug-likeness (QED) is 0.688. The van der Waals surface area contributed by atoms with Crippen molar-refractivity contribution >= 4 is 10.2 Å². The summed E-state index contributed by atoms with van der Waals surface area (Å²) in [6, 6.07) is 0.481. The predicted octanol–water partition coefficient (Wildman–Crippen LogP) is 0.566. The van der Waals surface area contributed by atoms with Gasteiger partial charge in [0.25, 0.3) is 10.2 Å². The molecule has 6 nitrogen and oxygen atoms in total. The Morgan fingerprint density at radius 1 is 1.25 bits per heavy atom. The molecule has 1 fully saturated rings. The van der Waals surface area contributed by atoms with Gasteiger partial charge in [-0.25, -0.2) is 0 Å². The molecule has 2 N–H and O–H groups in total. The van der Waals surface area contributed by atoms with Crippen molar-refractivity contribution in [3.8, 4) is 0 Å². The van der Waals surface area contributed by atoms with Crippen LogP contribution < -0.4 is 10.0 Å². The van der Waals surface area contributed by atoms with Crippen molar-refractivity contribution in [2.45, 2.75) is 45.8 Å². The first-order chi connectivity index (χ1) is 9.35. The first kappa shape index (κ1) is 17.8. The predicted molar refractivity (Wildman–Crippen MR) is 80.8 cm³/mol. The summed E-state index contributed by atoms with van der Waals surface area (Å²) in [5.74, 6) is 0.571. The molecular weight excluding hydrogens is 278 g/mol. The van der Waals surface area contributed by atoms with E-state index < -0.39 is 10.2 Å². The number of methoxy groups -OCH3 is 1. The maximum absolute atomic E-state index is 12.1. The maximum atomic E-state index is 12.1. The van der Waals surface area contributed by atoms with Crippen molar-refractivity contribution in [2.75, 3.05) is 33.3 Å². The van der Waals surface area contributed by atoms with Gasteiger partial charge < -0.3 is 10.1 Å². The van der Waals surface area contributed by atoms with Crippen LogP contribution in [0.4, 0.5) is 0 Å². The molecule has 0 saturated carbocycles. The topological polar surface area (TPSA) is 70.7 Å². The minimum atomic E-state index is -3.36. The summed E-state index contributed by atoms with van der Waals surface area (Å²) in [5.41, 5.74) is 0. The average molecular weight is 307 g/mol. The number of hydrogen-bond donors (Lipinski definition) is 2. The van der Waals surface area contributed by atoms with Crippen molar-refractivity contribution in [1.82, 2.24) is 14.3 Å². The van der Waals surface area contributed by atoms with E-state index in [0.717, 1.165) is 19.4 Å². The number of ether oxygens (including phenoxy) is 1. The zero-order valence-corrected chi connectivity index (χ0v) is 13.9. The molecule has 0 amide bonds. The highest BCUT2D eigenvalue weighted by molar-refractivity contribution is 7.87. The first-order valence-corrected chi connectivity index (χ1v) is 8.80. The second kappa shape index (κ2) is 8.29. The van der Waals surface area contributed by atoms with Crippen LogP contribution in [0.2, 0.25) is 0 Å². The van der Waals surface area contributed by atoms with Crippen molar-refractivity contribution in [1.29, 1.82) is 0 Å². The van der Waals surface area contributed by atoms with Crippen LogP contribution in [-0.2, 0) is 14.9 Å². The zero-order valence-electron chi connectivity index (χ0n) is 13.1. The standard InChI is InChI=1S/C13H29N3O3S/c1-11(2)14-10-13-5-7-16(8-6-13)20(17,18)15-9-12(3)19-4/h11-15H,5-10H2,1-4H3. The normalized spacial score (nSPS) is 20.4. The van der Waals surface area contributed by atoms with E-state index in [2.05, 4.69) is 23.9 Å². The van der Waals surface area contributed by atoms with Crippen LogP contribution >= 0.6 is 0 Å². The van der Waals surface area contributed by atoms with Gasteiger partial charge in [-0.15, -0.1) is 0 Å². The van der Waals surface area contributed by atoms with Crippen LogP contribution in [0.5, 0.6) is 0 Å². The third-order valence-electron chi connectivity index (χ3n) is 3.68. The molecule has 7 heteroatoms. The molecule has 0 radical (unpaired) electrons. The molecule has 1 atom stereocenters. The first-order valence-electron chi connectivity index (χ1n) is 7.36. The van der Waals surface area contributed by atoms with Crippen LogP contribution in [0.15, 0.2) is 0 Å². The van der Waals surface area contributed by atoms with Crippen molar-refractivity contribution in [2.24, 2.45) is 5.92 Å². The van der Waals surface area contributed by atoms with E-state index >= 15 is 0 Å². The number of rotatable bonds is 8. The summed E-state index contributed by atoms with van der Waals surface area (Å²) in [7, 11) is -1.78. The number of piperidine rings is 1. The Balaban J connectivity index is 2.36. The van der Waals surface area contributed by atoms with Gasteiger partial charge in [-0.2, -0.15) is 17.4 Å². The lowest BCUT2D eigenvalue weighted by Gasteiger charge is -2.31. The molecule has 20 heavy (non-hydrogen) atoms. The van der Waals surface area contributed by atoms with Gasteiger partial charge in [-0.1, -0.05) is 13.8 Å². The van der Waals surface area contributed by atoms with Gasteiger partial charge in [-0.3, -0.25) is 0 Å². The van der Waals surface area contributed by atoms with E-state index in [1.807, 2.05) is 6.92 Å². The Labute approximate surface area is 123 Å². The number of hydrogen-bond acceptors (Lipinski definition) is 4. The van der Waals surface area contributed by atoms with Gasteiger partial charge in [0, 0.05) is 32.8 Å². The fourth-order valence-corrected chi connectivity index (χ4v) is 3.47. The van der Waals surface area contributed by atoms with Crippen LogP contribution in [0, 0.1) is 5.92 Å². The smallest absolute Gasteiger partial charge is 0.279 e. The van der Waals surface area contributed by atoms with Gasteiger partial charge in [0.05, 0.1) is 6.10 Å². The minimum absolute atomic E-state index is 0.113. The molecule has 1 rings (SSSR count). The highest BCUT2D eigenvalue weighted by Gasteiger charge is 2.27. The molecule has 1 heterocycles. The Kier molecular flexibility index (Phi) is 7.39. The molecule has 0 aromatic heterocycles. The van der Waals surface area contributed by atoms with Crippen molar-refractivity contribution < 1.29 is 13.2 Å². The fourth-order valence-electron chi connectivity index (χ4n) is 2.15. The number of nitrogens with zero attached hydrogens (tertiary/aromatic N) is 1. The molecule has 1 saturated heterocycles. The molecule has 120 valence electrons. The lowest BCUT2D eigenvalue weighted by atomic mass is 9.98. The van der Waals surface area contributed by atoms with Gasteiger partial charge >= 0.3 is 0 Å². The Bertz CT molecular complexity index is 365. The van der Waals surface area contributed by atoms with E-state index in [4.69, 9.17) is 4.74 Å². The second-order valence-corrected chi connectivity index (χ2v) is 7.56. The highest BCUT2D eigenvalue weighted by Crippen LogP contribution is 2.18. The molecule has 1 unspecified atom stereocenters. The van der Waals surface area contributed by atoms with Gasteiger partial charge in [0.1, 0.15) is 0 Å². The fraction of sp³-hybridized carbons (Fsp3) is 1.00. The van der Waals surface area contributed by atoms with Crippen LogP contribution in [-0.4, -0.2) is 58.2 Å². The second-order valence-electron chi connectivity index (χ2n) is 5.81. The average Bonchev–Trinajstić information content (AvgIpc) is 2.43. The molecule has 0 aromatic carbocycles. The highest BCUT2D eigenvalue weighted by atomic mass is 32.2. The van der Waals surface area contributed by atoms with Gasteiger partial charge in [-0.05, 0) is 32.2 Å². The van der Waals surface area contributed by atoms with Gasteiger partial charge in [0.2, 0.25) is 0 Å². The molecule has 1 aliphatic heterocycles. The molecule has 0 aliphatic carbocycles. The van der Waals surface area contributed by atoms with E-state index in [1.54, 1.807) is 11.4 Å². The van der Waals surface area contributed by atoms with E-state index in [9.17, 15) is 8.42 Å². The largest absolute Gasteiger partial charge is 0.380 e. The van der Waals surface area contributed by atoms with Crippen LogP contribution in [0.25, 0.3) is 0 Å². The number of nitrogens with one attached hydrogen (secondary N) is 2. The lowest BCUT2D eigenvalue weighted by molar-refractivity contribution is 0.121. The third-order valence-corrected chi connectivity index (χ3v) is 5.26. The van der Waals surface area contributed by atoms with Crippen molar-refractivity contribution in [3.05, 3.63) is 0 Å². The maximum Gasteiger partial charge on any atom is 0.279 e. The Morgan fingerprint density at radius 3 is 2.35 bits per heavy atom. The lowest BCUT2D eigenvalue weighted by Crippen LogP contribution is -2.47. The molecule has 0 aromatic rings. The Hall–Kier alpha value is -0.210. The third kappa shape index (κ3) is 6.05. The van der Waals surface area contributed by atoms with Gasteiger partial charge in [0.15, 0.2) is 0 Å². The summed E-state index contributed by atoms with van der Waals surface area (Å²) >= 11 is 0. The molecular formula is C13H29N3O3S. The van der Waals surface area contributed by atoms with E-state index in [-0.39, 0.29) is 6.10 Å². The molecule has 0 spiro atoms. The Morgan fingerprint density at radius 2 is 1.85 bits per heavy atom. The summed E-state index contributed by atoms with van der Waals surface area (Å²) in [4.78, 5) is 0. The van der Waals surface area contributed by atoms with E-state index in [0.29, 0.717) is 31.6 Å². The summed E-state index contributed by atoms with van der Waals surface area (Å²) in [6.45, 7) is 8.57. The summed E-state index contributed by atoms with van der Waals surface area (Å²) < 4.78 is 33.4. The summed E-state index contributed by atoms with van der Waals surface area (Å²) in [6.07, 6.45) is 1.72. The van der Waals surface area contributed by atoms with Crippen LogP contribution in [0.1, 0.15) is 33.6 Å².